The van der Waals surface area contributed by atoms with E-state index in [1.165, 1.54) is 0 Å². The number of aromatic nitrogens is 3. The molecule has 0 amide bonds. The topological polar surface area (TPSA) is 80.3 Å². The number of nitrogens with one attached hydrogen (secondary N) is 2. The number of thiophene rings is 1. The number of hydrogen-bond acceptors (Lipinski definition) is 6. The number of nitrogens with two attached hydrogens (primary N) is 1. The van der Waals surface area contributed by atoms with E-state index < -0.39 is 0 Å². The van der Waals surface area contributed by atoms with Gasteiger partial charge < -0.3 is 16.4 Å². The Morgan fingerprint density at radius 1 is 1.29 bits per heavy atom. The van der Waals surface area contributed by atoms with Crippen LogP contribution in [0.5, 0.6) is 0 Å². The Kier molecular flexibility index (Phi) is 4.12. The summed E-state index contributed by atoms with van der Waals surface area (Å²) in [7, 11) is 1.91. The van der Waals surface area contributed by atoms with Crippen molar-refractivity contribution in [2.45, 2.75) is 37.8 Å². The molecular weight excluding hydrogens is 320 g/mol. The lowest BCUT2D eigenvalue weighted by Crippen LogP contribution is -2.33. The maximum Gasteiger partial charge on any atom is 0.177 e. The summed E-state index contributed by atoms with van der Waals surface area (Å²) in [6, 6.07) is 4.92. The van der Waals surface area contributed by atoms with Crippen molar-refractivity contribution in [3.8, 4) is 11.3 Å². The zero-order valence-electron chi connectivity index (χ0n) is 13.7. The Morgan fingerprint density at radius 3 is 2.83 bits per heavy atom. The molecule has 0 atom stereocenters. The van der Waals surface area contributed by atoms with Gasteiger partial charge in [-0.25, -0.2) is 9.50 Å². The first-order chi connectivity index (χ1) is 11.7. The molecule has 24 heavy (non-hydrogen) atoms. The van der Waals surface area contributed by atoms with E-state index in [-0.39, 0.29) is 0 Å². The molecule has 3 aromatic rings. The summed E-state index contributed by atoms with van der Waals surface area (Å²) in [5.41, 5.74) is 9.97. The van der Waals surface area contributed by atoms with Gasteiger partial charge >= 0.3 is 0 Å². The van der Waals surface area contributed by atoms with Gasteiger partial charge in [-0.05, 0) is 37.1 Å². The van der Waals surface area contributed by atoms with Crippen molar-refractivity contribution in [1.82, 2.24) is 14.6 Å². The zero-order valence-corrected chi connectivity index (χ0v) is 14.5. The van der Waals surface area contributed by atoms with Gasteiger partial charge in [0.2, 0.25) is 0 Å². The van der Waals surface area contributed by atoms with Crippen molar-refractivity contribution in [2.75, 3.05) is 17.7 Å². The van der Waals surface area contributed by atoms with Gasteiger partial charge in [0.25, 0.3) is 0 Å². The molecule has 0 unspecified atom stereocenters. The maximum atomic E-state index is 6.01. The second kappa shape index (κ2) is 6.41. The van der Waals surface area contributed by atoms with Crippen molar-refractivity contribution >= 4 is 28.5 Å². The van der Waals surface area contributed by atoms with Crippen LogP contribution in [0.4, 0.5) is 11.5 Å². The van der Waals surface area contributed by atoms with Crippen LogP contribution in [0.25, 0.3) is 16.9 Å². The first-order valence-electron chi connectivity index (χ1n) is 8.36. The Labute approximate surface area is 145 Å². The van der Waals surface area contributed by atoms with E-state index in [9.17, 15) is 0 Å². The van der Waals surface area contributed by atoms with E-state index in [0.717, 1.165) is 54.1 Å². The van der Waals surface area contributed by atoms with Crippen LogP contribution in [0.1, 0.15) is 25.7 Å². The summed E-state index contributed by atoms with van der Waals surface area (Å²) >= 11 is 1.68. The standard InChI is InChI=1S/C17H22N6S/c1-19-14-8-16(21-13-4-2-12(18)3-5-13)22-23-15(9-20-17(14)23)11-6-7-24-10-11/h6-10,12-13,19H,2-5,18H2,1H3,(H,21,22). The van der Waals surface area contributed by atoms with Crippen molar-refractivity contribution < 1.29 is 0 Å². The molecule has 6 nitrogen and oxygen atoms in total. The fourth-order valence-electron chi connectivity index (χ4n) is 3.30. The molecule has 4 N–H and O–H groups in total. The molecule has 0 aromatic carbocycles. The molecular formula is C17H22N6S. The molecule has 0 aliphatic heterocycles. The third-order valence-corrected chi connectivity index (χ3v) is 5.36. The van der Waals surface area contributed by atoms with E-state index >= 15 is 0 Å². The third-order valence-electron chi connectivity index (χ3n) is 4.68. The number of imidazole rings is 1. The van der Waals surface area contributed by atoms with E-state index in [1.807, 2.05) is 23.8 Å². The molecule has 0 radical (unpaired) electrons. The summed E-state index contributed by atoms with van der Waals surface area (Å²) in [5, 5.41) is 15.8. The largest absolute Gasteiger partial charge is 0.385 e. The summed E-state index contributed by atoms with van der Waals surface area (Å²) < 4.78 is 1.92. The van der Waals surface area contributed by atoms with Gasteiger partial charge in [0.1, 0.15) is 5.82 Å². The van der Waals surface area contributed by atoms with Crippen LogP contribution in [-0.2, 0) is 0 Å². The van der Waals surface area contributed by atoms with Crippen LogP contribution >= 0.6 is 11.3 Å². The van der Waals surface area contributed by atoms with E-state index in [1.54, 1.807) is 11.3 Å². The number of anilines is 2. The average Bonchev–Trinajstić information content (AvgIpc) is 3.25. The van der Waals surface area contributed by atoms with Gasteiger partial charge in [0.15, 0.2) is 5.65 Å². The molecule has 7 heteroatoms. The van der Waals surface area contributed by atoms with Crippen molar-refractivity contribution in [1.29, 1.82) is 0 Å². The molecule has 0 spiro atoms. The summed E-state index contributed by atoms with van der Waals surface area (Å²) in [5.74, 6) is 0.877. The lowest BCUT2D eigenvalue weighted by molar-refractivity contribution is 0.410. The van der Waals surface area contributed by atoms with Crippen LogP contribution in [-0.4, -0.2) is 33.7 Å². The highest BCUT2D eigenvalue weighted by Gasteiger charge is 2.20. The monoisotopic (exact) mass is 342 g/mol. The highest BCUT2D eigenvalue weighted by atomic mass is 32.1. The molecule has 0 bridgehead atoms. The third kappa shape index (κ3) is 2.85. The van der Waals surface area contributed by atoms with Crippen molar-refractivity contribution in [2.24, 2.45) is 5.73 Å². The molecule has 1 aliphatic rings. The zero-order chi connectivity index (χ0) is 16.5. The van der Waals surface area contributed by atoms with Gasteiger partial charge in [-0.15, -0.1) is 5.10 Å². The highest BCUT2D eigenvalue weighted by Crippen LogP contribution is 2.28. The Hall–Kier alpha value is -2.12. The fourth-order valence-corrected chi connectivity index (χ4v) is 3.95. The van der Waals surface area contributed by atoms with Gasteiger partial charge in [0, 0.05) is 36.1 Å². The van der Waals surface area contributed by atoms with E-state index in [2.05, 4.69) is 32.4 Å². The minimum absolute atomic E-state index is 0.352. The predicted octanol–water partition coefficient (Wildman–Crippen LogP) is 3.18. The van der Waals surface area contributed by atoms with Gasteiger partial charge in [-0.1, -0.05) is 0 Å². The van der Waals surface area contributed by atoms with E-state index in [4.69, 9.17) is 10.8 Å². The number of rotatable bonds is 4. The normalized spacial score (nSPS) is 21.1. The van der Waals surface area contributed by atoms with Crippen LogP contribution in [0, 0.1) is 0 Å². The van der Waals surface area contributed by atoms with E-state index in [0.29, 0.717) is 12.1 Å². The Morgan fingerprint density at radius 2 is 2.12 bits per heavy atom. The summed E-state index contributed by atoms with van der Waals surface area (Å²) in [6.45, 7) is 0. The highest BCUT2D eigenvalue weighted by molar-refractivity contribution is 7.08. The Bertz CT molecular complexity index is 817. The van der Waals surface area contributed by atoms with Crippen LogP contribution in [0.2, 0.25) is 0 Å². The average molecular weight is 342 g/mol. The van der Waals surface area contributed by atoms with Gasteiger partial charge in [0.05, 0.1) is 17.6 Å². The molecule has 4 rings (SSSR count). The first-order valence-corrected chi connectivity index (χ1v) is 9.30. The molecule has 3 heterocycles. The lowest BCUT2D eigenvalue weighted by atomic mass is 9.92. The SMILES string of the molecule is CNc1cc(NC2CCC(N)CC2)nn2c(-c3ccsc3)cnc12. The molecule has 1 aliphatic carbocycles. The van der Waals surface area contributed by atoms with Gasteiger partial charge in [-0.3, -0.25) is 0 Å². The Balaban J connectivity index is 1.69. The minimum Gasteiger partial charge on any atom is -0.385 e. The smallest absolute Gasteiger partial charge is 0.177 e. The first kappa shape index (κ1) is 15.4. The van der Waals surface area contributed by atoms with Crippen LogP contribution in [0.3, 0.4) is 0 Å². The summed E-state index contributed by atoms with van der Waals surface area (Å²) in [4.78, 5) is 4.54. The minimum atomic E-state index is 0.352. The number of nitrogens with zero attached hydrogens (tertiary/aromatic N) is 3. The molecule has 0 saturated heterocycles. The lowest BCUT2D eigenvalue weighted by Gasteiger charge is -2.27. The second-order valence-corrected chi connectivity index (χ2v) is 7.12. The number of fused-ring (bicyclic) bond motifs is 1. The molecule has 126 valence electrons. The van der Waals surface area contributed by atoms with Crippen molar-refractivity contribution in [3.63, 3.8) is 0 Å². The van der Waals surface area contributed by atoms with Crippen molar-refractivity contribution in [3.05, 3.63) is 29.1 Å². The van der Waals surface area contributed by atoms with Crippen LogP contribution < -0.4 is 16.4 Å². The fraction of sp³-hybridized carbons (Fsp3) is 0.412. The van der Waals surface area contributed by atoms with Crippen LogP contribution in [0.15, 0.2) is 29.1 Å². The molecule has 1 fully saturated rings. The predicted molar refractivity (Wildman–Crippen MR) is 99.7 cm³/mol. The maximum absolute atomic E-state index is 6.01. The molecule has 1 saturated carbocycles. The molecule has 3 aromatic heterocycles. The summed E-state index contributed by atoms with van der Waals surface area (Å²) in [6.07, 6.45) is 6.22. The number of hydrogen-bond donors (Lipinski definition) is 3. The second-order valence-electron chi connectivity index (χ2n) is 6.34. The quantitative estimate of drug-likeness (QED) is 0.678. The van der Waals surface area contributed by atoms with Gasteiger partial charge in [-0.2, -0.15) is 11.3 Å².